The number of ether oxygens (including phenoxy) is 2. The van der Waals surface area contributed by atoms with Gasteiger partial charge in [-0.3, -0.25) is 0 Å². The Hall–Kier alpha value is -1.71. The van der Waals surface area contributed by atoms with Crippen molar-refractivity contribution >= 4 is 11.0 Å². The van der Waals surface area contributed by atoms with Gasteiger partial charge in [0.05, 0.1) is 5.39 Å². The molecule has 0 saturated heterocycles. The molecule has 0 N–H and O–H groups in total. The van der Waals surface area contributed by atoms with Crippen molar-refractivity contribution in [3.8, 4) is 17.2 Å². The average Bonchev–Trinajstić information content (AvgIpc) is 2.57. The molecule has 0 bridgehead atoms. The maximum atomic E-state index is 5.39. The van der Waals surface area contributed by atoms with Crippen molar-refractivity contribution in [3.05, 3.63) is 11.8 Å². The van der Waals surface area contributed by atoms with Gasteiger partial charge in [0.1, 0.15) is 12.3 Å². The molecule has 0 saturated carbocycles. The van der Waals surface area contributed by atoms with E-state index in [1.165, 1.54) is 0 Å². The molecule has 2 aliphatic heterocycles. The first kappa shape index (κ1) is 5.03. The molecule has 12 heavy (non-hydrogen) atoms. The number of fused-ring (bicyclic) bond motifs is 2. The fourth-order valence-electron chi connectivity index (χ4n) is 1.63. The van der Waals surface area contributed by atoms with Crippen molar-refractivity contribution in [3.63, 3.8) is 0 Å². The summed E-state index contributed by atoms with van der Waals surface area (Å²) in [6.07, 6.45) is 0. The normalized spacial score (nSPS) is 15.7. The summed E-state index contributed by atoms with van der Waals surface area (Å²) in [7, 11) is 0. The Morgan fingerprint density at radius 1 is 1.33 bits per heavy atom. The quantitative estimate of drug-likeness (QED) is 0.472. The van der Waals surface area contributed by atoms with Crippen molar-refractivity contribution in [1.29, 1.82) is 0 Å². The first-order valence-corrected chi connectivity index (χ1v) is 3.69. The lowest BCUT2D eigenvalue weighted by atomic mass is 10.2. The maximum absolute atomic E-state index is 5.39. The Labute approximate surface area is 66.7 Å². The molecule has 1 aromatic carbocycles. The van der Waals surface area contributed by atoms with Crippen LogP contribution in [0, 0.1) is 0 Å². The zero-order valence-electron chi connectivity index (χ0n) is 5.96. The Morgan fingerprint density at radius 2 is 2.33 bits per heavy atom. The molecular formula is C8H3NO3. The summed E-state index contributed by atoms with van der Waals surface area (Å²) in [5, 5.41) is 4.86. The second kappa shape index (κ2) is 1.29. The molecule has 0 atom stereocenters. The molecule has 2 aromatic rings. The predicted molar refractivity (Wildman–Crippen MR) is 38.4 cm³/mol. The van der Waals surface area contributed by atoms with Crippen molar-refractivity contribution in [2.75, 3.05) is 0 Å². The third-order valence-electron chi connectivity index (χ3n) is 2.23. The van der Waals surface area contributed by atoms with E-state index in [4.69, 9.17) is 14.0 Å². The van der Waals surface area contributed by atoms with Crippen LogP contribution in [-0.4, -0.2) is 5.16 Å². The maximum Gasteiger partial charge on any atom is 0.212 e. The molecule has 1 aromatic heterocycles. The van der Waals surface area contributed by atoms with Gasteiger partial charge in [-0.2, -0.15) is 0 Å². The van der Waals surface area contributed by atoms with E-state index in [9.17, 15) is 0 Å². The van der Waals surface area contributed by atoms with E-state index in [1.54, 1.807) is 0 Å². The molecule has 0 fully saturated rings. The van der Waals surface area contributed by atoms with Gasteiger partial charge in [0.15, 0.2) is 17.1 Å². The van der Waals surface area contributed by atoms with Crippen LogP contribution >= 0.6 is 0 Å². The molecular weight excluding hydrogens is 158 g/mol. The van der Waals surface area contributed by atoms with Gasteiger partial charge in [-0.25, -0.2) is 0 Å². The van der Waals surface area contributed by atoms with Crippen LogP contribution in [0.4, 0.5) is 0 Å². The topological polar surface area (TPSA) is 47.8 Å². The Morgan fingerprint density at radius 3 is 3.33 bits per heavy atom. The van der Waals surface area contributed by atoms with Gasteiger partial charge in [0, 0.05) is 6.07 Å². The van der Waals surface area contributed by atoms with Crippen molar-refractivity contribution in [2.45, 2.75) is 6.61 Å². The molecule has 4 rings (SSSR count). The summed E-state index contributed by atoms with van der Waals surface area (Å²) in [6, 6.07) is 1.85. The molecule has 2 aliphatic rings. The molecule has 0 amide bonds. The van der Waals surface area contributed by atoms with E-state index in [0.29, 0.717) is 6.61 Å². The van der Waals surface area contributed by atoms with Crippen molar-refractivity contribution < 1.29 is 14.0 Å². The van der Waals surface area contributed by atoms with Crippen molar-refractivity contribution in [1.82, 2.24) is 5.16 Å². The highest BCUT2D eigenvalue weighted by molar-refractivity contribution is 5.95. The highest BCUT2D eigenvalue weighted by Crippen LogP contribution is 2.58. The summed E-state index contributed by atoms with van der Waals surface area (Å²) >= 11 is 0. The minimum Gasteiger partial charge on any atom is -0.482 e. The molecule has 3 heterocycles. The Bertz CT molecular complexity index is 514. The average molecular weight is 161 g/mol. The van der Waals surface area contributed by atoms with Crippen LogP contribution in [0.3, 0.4) is 0 Å². The van der Waals surface area contributed by atoms with Gasteiger partial charge in [-0.05, 0) is 0 Å². The molecule has 0 spiro atoms. The lowest BCUT2D eigenvalue weighted by Gasteiger charge is -1.91. The smallest absolute Gasteiger partial charge is 0.212 e. The van der Waals surface area contributed by atoms with Crippen LogP contribution in [-0.2, 0) is 6.61 Å². The van der Waals surface area contributed by atoms with Gasteiger partial charge in [-0.1, -0.05) is 5.16 Å². The number of hydrogen-bond acceptors (Lipinski definition) is 4. The highest BCUT2D eigenvalue weighted by atomic mass is 16.6. The minimum atomic E-state index is 0.502. The first-order chi connectivity index (χ1) is 5.93. The predicted octanol–water partition coefficient (Wildman–Crippen LogP) is 1.83. The third-order valence-corrected chi connectivity index (χ3v) is 2.23. The van der Waals surface area contributed by atoms with Gasteiger partial charge in [-0.15, -0.1) is 0 Å². The summed E-state index contributed by atoms with van der Waals surface area (Å²) in [6.45, 7) is 0.502. The Kier molecular flexibility index (Phi) is 0.538. The zero-order valence-corrected chi connectivity index (χ0v) is 5.96. The van der Waals surface area contributed by atoms with Crippen LogP contribution < -0.4 is 9.47 Å². The van der Waals surface area contributed by atoms with E-state index in [2.05, 4.69) is 5.16 Å². The number of rotatable bonds is 0. The van der Waals surface area contributed by atoms with E-state index in [1.807, 2.05) is 6.07 Å². The summed E-state index contributed by atoms with van der Waals surface area (Å²) in [5.41, 5.74) is 1.63. The van der Waals surface area contributed by atoms with Gasteiger partial charge >= 0.3 is 0 Å². The van der Waals surface area contributed by atoms with Gasteiger partial charge in [0.2, 0.25) is 5.75 Å². The second-order valence-electron chi connectivity index (χ2n) is 2.93. The fraction of sp³-hybridized carbons (Fsp3) is 0.125. The number of nitrogens with zero attached hydrogens (tertiary/aromatic N) is 1. The lowest BCUT2D eigenvalue weighted by Crippen LogP contribution is -1.85. The highest BCUT2D eigenvalue weighted by Gasteiger charge is 2.35. The molecule has 4 nitrogen and oxygen atoms in total. The molecule has 4 heteroatoms. The second-order valence-corrected chi connectivity index (χ2v) is 2.93. The van der Waals surface area contributed by atoms with E-state index in [0.717, 1.165) is 33.9 Å². The van der Waals surface area contributed by atoms with Crippen LogP contribution in [0.15, 0.2) is 10.6 Å². The number of hydrogen-bond donors (Lipinski definition) is 0. The fourth-order valence-corrected chi connectivity index (χ4v) is 1.63. The SMILES string of the molecule is c1c2c(c3c4c(noc14)CO3)O2. The van der Waals surface area contributed by atoms with E-state index < -0.39 is 0 Å². The standard InChI is InChI=1S/C8H3NO3/c1-4-6-3(9-12-4)2-10-8(6)7-5(1)11-7/h1H,2H2. The molecule has 0 unspecified atom stereocenters. The summed E-state index contributed by atoms with van der Waals surface area (Å²) in [5.74, 6) is 2.50. The van der Waals surface area contributed by atoms with Crippen LogP contribution in [0.25, 0.3) is 11.0 Å². The zero-order chi connectivity index (χ0) is 7.71. The molecule has 0 radical (unpaired) electrons. The summed E-state index contributed by atoms with van der Waals surface area (Å²) in [4.78, 5) is 0. The number of aromatic nitrogens is 1. The lowest BCUT2D eigenvalue weighted by molar-refractivity contribution is 0.305. The monoisotopic (exact) mass is 161 g/mol. The van der Waals surface area contributed by atoms with Crippen LogP contribution in [0.5, 0.6) is 17.2 Å². The largest absolute Gasteiger partial charge is 0.482 e. The van der Waals surface area contributed by atoms with Crippen LogP contribution in [0.1, 0.15) is 5.69 Å². The summed E-state index contributed by atoms with van der Waals surface area (Å²) < 4.78 is 15.7. The Balaban J connectivity index is 2.37. The molecule has 58 valence electrons. The van der Waals surface area contributed by atoms with E-state index in [-0.39, 0.29) is 0 Å². The minimum absolute atomic E-state index is 0.502. The van der Waals surface area contributed by atoms with Gasteiger partial charge in [0.25, 0.3) is 0 Å². The van der Waals surface area contributed by atoms with Gasteiger partial charge < -0.3 is 14.0 Å². The third kappa shape index (κ3) is 0.375. The van der Waals surface area contributed by atoms with Crippen molar-refractivity contribution in [2.24, 2.45) is 0 Å². The number of benzene rings is 1. The van der Waals surface area contributed by atoms with Crippen LogP contribution in [0.2, 0.25) is 0 Å². The van der Waals surface area contributed by atoms with E-state index >= 15 is 0 Å². The first-order valence-electron chi connectivity index (χ1n) is 3.69. The molecule has 0 aliphatic carbocycles.